The number of carbonyl (C=O) groups is 1. The minimum atomic E-state index is -1.82. The highest BCUT2D eigenvalue weighted by molar-refractivity contribution is 7.75. The van der Waals surface area contributed by atoms with Gasteiger partial charge < -0.3 is 4.74 Å². The SMILES string of the molecule is CCCCCC[C@H]1OS(=O)O[C@@H]1C(=O)OCC. The number of rotatable bonds is 7. The Bertz CT molecular complexity index is 269. The zero-order valence-electron chi connectivity index (χ0n) is 10.3. The molecule has 1 saturated heterocycles. The second-order valence-corrected chi connectivity index (χ2v) is 4.75. The van der Waals surface area contributed by atoms with E-state index in [0.29, 0.717) is 6.42 Å². The Morgan fingerprint density at radius 2 is 2.00 bits per heavy atom. The fourth-order valence-corrected chi connectivity index (χ4v) is 2.52. The Hall–Kier alpha value is -0.460. The fourth-order valence-electron chi connectivity index (χ4n) is 1.71. The molecule has 6 heteroatoms. The fraction of sp³-hybridized carbons (Fsp3) is 0.909. The average molecular weight is 264 g/mol. The van der Waals surface area contributed by atoms with E-state index in [2.05, 4.69) is 6.92 Å². The van der Waals surface area contributed by atoms with Crippen molar-refractivity contribution in [2.45, 2.75) is 58.2 Å². The summed E-state index contributed by atoms with van der Waals surface area (Å²) >= 11 is -1.82. The molecule has 5 nitrogen and oxygen atoms in total. The third-order valence-electron chi connectivity index (χ3n) is 2.58. The average Bonchev–Trinajstić information content (AvgIpc) is 2.66. The van der Waals surface area contributed by atoms with E-state index in [4.69, 9.17) is 13.1 Å². The smallest absolute Gasteiger partial charge is 0.339 e. The molecule has 1 heterocycles. The molecule has 1 unspecified atom stereocenters. The molecule has 0 aromatic heterocycles. The maximum atomic E-state index is 11.5. The lowest BCUT2D eigenvalue weighted by molar-refractivity contribution is -0.152. The number of hydrogen-bond acceptors (Lipinski definition) is 5. The van der Waals surface area contributed by atoms with Gasteiger partial charge in [-0.2, -0.15) is 4.21 Å². The number of hydrogen-bond donors (Lipinski definition) is 0. The van der Waals surface area contributed by atoms with Gasteiger partial charge in [0.05, 0.1) is 6.61 Å². The van der Waals surface area contributed by atoms with Crippen molar-refractivity contribution in [3.05, 3.63) is 0 Å². The lowest BCUT2D eigenvalue weighted by Crippen LogP contribution is -2.33. The van der Waals surface area contributed by atoms with Crippen LogP contribution < -0.4 is 0 Å². The van der Waals surface area contributed by atoms with Crippen molar-refractivity contribution in [1.82, 2.24) is 0 Å². The number of carbonyl (C=O) groups excluding carboxylic acids is 1. The van der Waals surface area contributed by atoms with Crippen molar-refractivity contribution in [1.29, 1.82) is 0 Å². The van der Waals surface area contributed by atoms with Crippen LogP contribution in [-0.4, -0.2) is 29.0 Å². The van der Waals surface area contributed by atoms with Gasteiger partial charge in [0.15, 0.2) is 0 Å². The highest BCUT2D eigenvalue weighted by Gasteiger charge is 2.41. The molecule has 0 bridgehead atoms. The minimum Gasteiger partial charge on any atom is -0.464 e. The van der Waals surface area contributed by atoms with E-state index in [1.165, 1.54) is 0 Å². The first kappa shape index (κ1) is 14.6. The first-order chi connectivity index (χ1) is 8.19. The van der Waals surface area contributed by atoms with Gasteiger partial charge in [-0.05, 0) is 13.3 Å². The van der Waals surface area contributed by atoms with Crippen molar-refractivity contribution >= 4 is 17.3 Å². The van der Waals surface area contributed by atoms with E-state index in [1.54, 1.807) is 6.92 Å². The Labute approximate surface area is 105 Å². The largest absolute Gasteiger partial charge is 0.464 e. The minimum absolute atomic E-state index is 0.286. The highest BCUT2D eigenvalue weighted by atomic mass is 32.2. The summed E-state index contributed by atoms with van der Waals surface area (Å²) in [6.07, 6.45) is 3.72. The van der Waals surface area contributed by atoms with Crippen LogP contribution in [0.25, 0.3) is 0 Å². The van der Waals surface area contributed by atoms with Crippen LogP contribution in [0, 0.1) is 0 Å². The van der Waals surface area contributed by atoms with E-state index in [1.807, 2.05) is 0 Å². The van der Waals surface area contributed by atoms with Gasteiger partial charge in [-0.15, -0.1) is 0 Å². The van der Waals surface area contributed by atoms with Crippen LogP contribution in [0.4, 0.5) is 0 Å². The summed E-state index contributed by atoms with van der Waals surface area (Å²) < 4.78 is 26.0. The van der Waals surface area contributed by atoms with Crippen molar-refractivity contribution in [3.63, 3.8) is 0 Å². The van der Waals surface area contributed by atoms with E-state index in [9.17, 15) is 9.00 Å². The molecule has 0 saturated carbocycles. The molecule has 1 aliphatic heterocycles. The van der Waals surface area contributed by atoms with Crippen LogP contribution in [0.15, 0.2) is 0 Å². The standard InChI is InChI=1S/C11H20O5S/c1-3-5-6-7-8-9-10(11(12)14-4-2)16-17(13)15-9/h9-10H,3-8H2,1-2H3/t9-,10+,17?/m1/s1. The summed E-state index contributed by atoms with van der Waals surface area (Å²) in [5, 5.41) is 0. The molecule has 100 valence electrons. The predicted octanol–water partition coefficient (Wildman–Crippen LogP) is 1.88. The summed E-state index contributed by atoms with van der Waals surface area (Å²) in [4.78, 5) is 11.5. The van der Waals surface area contributed by atoms with Crippen LogP contribution in [0.2, 0.25) is 0 Å². The van der Waals surface area contributed by atoms with Gasteiger partial charge in [0.25, 0.3) is 0 Å². The predicted molar refractivity (Wildman–Crippen MR) is 63.3 cm³/mol. The summed E-state index contributed by atoms with van der Waals surface area (Å²) in [6.45, 7) is 4.14. The monoisotopic (exact) mass is 264 g/mol. The van der Waals surface area contributed by atoms with Gasteiger partial charge in [-0.25, -0.2) is 4.79 Å². The van der Waals surface area contributed by atoms with Gasteiger partial charge in [0.2, 0.25) is 6.10 Å². The maximum Gasteiger partial charge on any atom is 0.339 e. The first-order valence-electron chi connectivity index (χ1n) is 6.11. The molecular weight excluding hydrogens is 244 g/mol. The molecule has 0 aliphatic carbocycles. The number of ether oxygens (including phenoxy) is 1. The van der Waals surface area contributed by atoms with E-state index in [0.717, 1.165) is 25.7 Å². The summed E-state index contributed by atoms with van der Waals surface area (Å²) in [5.41, 5.74) is 0. The van der Waals surface area contributed by atoms with Gasteiger partial charge in [0, 0.05) is 0 Å². The van der Waals surface area contributed by atoms with Gasteiger partial charge in [0.1, 0.15) is 6.10 Å². The molecule has 0 spiro atoms. The van der Waals surface area contributed by atoms with Crippen molar-refractivity contribution in [2.75, 3.05) is 6.61 Å². The van der Waals surface area contributed by atoms with Crippen LogP contribution >= 0.6 is 0 Å². The summed E-state index contributed by atoms with van der Waals surface area (Å²) in [7, 11) is 0. The van der Waals surface area contributed by atoms with Crippen molar-refractivity contribution in [2.24, 2.45) is 0 Å². The zero-order valence-corrected chi connectivity index (χ0v) is 11.2. The summed E-state index contributed by atoms with van der Waals surface area (Å²) in [6, 6.07) is 0. The Morgan fingerprint density at radius 1 is 1.24 bits per heavy atom. The van der Waals surface area contributed by atoms with Crippen molar-refractivity contribution < 1.29 is 22.1 Å². The van der Waals surface area contributed by atoms with Gasteiger partial charge in [-0.1, -0.05) is 32.6 Å². The molecular formula is C11H20O5S. The molecule has 1 rings (SSSR count). The zero-order chi connectivity index (χ0) is 12.7. The molecule has 1 aliphatic rings. The van der Waals surface area contributed by atoms with Crippen LogP contribution in [0.3, 0.4) is 0 Å². The highest BCUT2D eigenvalue weighted by Crippen LogP contribution is 2.23. The van der Waals surface area contributed by atoms with Gasteiger partial charge >= 0.3 is 17.3 Å². The van der Waals surface area contributed by atoms with Crippen LogP contribution in [0.5, 0.6) is 0 Å². The molecule has 0 aromatic rings. The second kappa shape index (κ2) is 7.79. The molecule has 17 heavy (non-hydrogen) atoms. The van der Waals surface area contributed by atoms with E-state index in [-0.39, 0.29) is 6.61 Å². The van der Waals surface area contributed by atoms with Crippen LogP contribution in [-0.2, 0) is 29.3 Å². The number of esters is 1. The van der Waals surface area contributed by atoms with E-state index < -0.39 is 29.5 Å². The third-order valence-corrected chi connectivity index (χ3v) is 3.35. The van der Waals surface area contributed by atoms with Crippen LogP contribution in [0.1, 0.15) is 46.0 Å². The Kier molecular flexibility index (Phi) is 6.69. The molecule has 1 fully saturated rings. The van der Waals surface area contributed by atoms with Gasteiger partial charge in [-0.3, -0.25) is 8.37 Å². The Morgan fingerprint density at radius 3 is 2.65 bits per heavy atom. The van der Waals surface area contributed by atoms with Crippen molar-refractivity contribution in [3.8, 4) is 0 Å². The second-order valence-electron chi connectivity index (χ2n) is 3.96. The molecule has 0 N–H and O–H groups in total. The van der Waals surface area contributed by atoms with E-state index >= 15 is 0 Å². The molecule has 0 aromatic carbocycles. The molecule has 0 amide bonds. The first-order valence-corrected chi connectivity index (χ1v) is 7.11. The topological polar surface area (TPSA) is 61.8 Å². The summed E-state index contributed by atoms with van der Waals surface area (Å²) in [5.74, 6) is -0.487. The maximum absolute atomic E-state index is 11.5. The number of unbranched alkanes of at least 4 members (excludes halogenated alkanes) is 3. The third kappa shape index (κ3) is 4.73. The molecule has 0 radical (unpaired) electrons. The Balaban J connectivity index is 2.39. The normalized spacial score (nSPS) is 28.2. The molecule has 3 atom stereocenters. The lowest BCUT2D eigenvalue weighted by Gasteiger charge is -2.13. The lowest BCUT2D eigenvalue weighted by atomic mass is 10.1. The quantitative estimate of drug-likeness (QED) is 0.519.